The summed E-state index contributed by atoms with van der Waals surface area (Å²) < 4.78 is 36.7. The quantitative estimate of drug-likeness (QED) is 0.0885. The number of carbonyl (C=O) groups is 4. The van der Waals surface area contributed by atoms with Gasteiger partial charge in [-0.2, -0.15) is 0 Å². The molecule has 1 heterocycles. The Morgan fingerprint density at radius 3 is 1.56 bits per heavy atom. The Balaban J connectivity index is 1.42. The number of rotatable bonds is 13. The van der Waals surface area contributed by atoms with Crippen molar-refractivity contribution in [2.75, 3.05) is 7.11 Å². The molecule has 6 atom stereocenters. The van der Waals surface area contributed by atoms with E-state index in [0.29, 0.717) is 11.3 Å². The lowest BCUT2D eigenvalue weighted by Crippen LogP contribution is -2.68. The normalized spacial score (nSPS) is 20.1. The molecule has 6 aromatic rings. The summed E-state index contributed by atoms with van der Waals surface area (Å²) in [6, 6.07) is 44.1. The molecule has 0 radical (unpaired) electrons. The molecule has 6 aromatic carbocycles. The summed E-state index contributed by atoms with van der Waals surface area (Å²) in [6.45, 7) is 1.48. The zero-order chi connectivity index (χ0) is 42.9. The number of ether oxygens (including phenoxy) is 6. The van der Waals surface area contributed by atoms with Gasteiger partial charge in [-0.15, -0.1) is 0 Å². The summed E-state index contributed by atoms with van der Waals surface area (Å²) in [5.41, 5.74) is 1.67. The summed E-state index contributed by atoms with van der Waals surface area (Å²) >= 11 is 6.95. The summed E-state index contributed by atoms with van der Waals surface area (Å²) in [5, 5.41) is 13.6. The van der Waals surface area contributed by atoms with E-state index in [4.69, 9.17) is 40.0 Å². The topological polar surface area (TPSA) is 144 Å². The summed E-state index contributed by atoms with van der Waals surface area (Å²) in [7, 11) is 1.55. The number of hydrogen-bond donors (Lipinski definition) is 1. The zero-order valence-electron chi connectivity index (χ0n) is 33.1. The first-order valence-corrected chi connectivity index (χ1v) is 19.8. The fraction of sp³-hybridized carbons (Fsp3) is 0.184. The maximum absolute atomic E-state index is 14.2. The van der Waals surface area contributed by atoms with E-state index < -0.39 is 60.2 Å². The molecule has 61 heavy (non-hydrogen) atoms. The first-order chi connectivity index (χ1) is 29.5. The minimum absolute atomic E-state index is 0.0295. The van der Waals surface area contributed by atoms with Crippen molar-refractivity contribution in [3.8, 4) is 5.75 Å². The van der Waals surface area contributed by atoms with E-state index in [1.807, 2.05) is 12.1 Å². The molecule has 0 spiro atoms. The third-order valence-corrected chi connectivity index (χ3v) is 10.6. The van der Waals surface area contributed by atoms with Gasteiger partial charge in [-0.25, -0.2) is 19.2 Å². The van der Waals surface area contributed by atoms with Gasteiger partial charge >= 0.3 is 23.9 Å². The van der Waals surface area contributed by atoms with Crippen molar-refractivity contribution in [3.63, 3.8) is 0 Å². The number of esters is 4. The van der Waals surface area contributed by atoms with Crippen molar-refractivity contribution in [2.24, 2.45) is 0 Å². The van der Waals surface area contributed by atoms with Gasteiger partial charge in [0, 0.05) is 10.6 Å². The van der Waals surface area contributed by atoms with Crippen LogP contribution in [0.15, 0.2) is 164 Å². The van der Waals surface area contributed by atoms with Gasteiger partial charge in [0.1, 0.15) is 18.0 Å². The minimum atomic E-state index is -2.73. The Kier molecular flexibility index (Phi) is 13.2. The Hall–Kier alpha value is -6.79. The molecule has 12 heteroatoms. The summed E-state index contributed by atoms with van der Waals surface area (Å²) in [6.07, 6.45) is -8.23. The minimum Gasteiger partial charge on any atom is -0.497 e. The highest BCUT2D eigenvalue weighted by Gasteiger charge is 2.62. The van der Waals surface area contributed by atoms with Crippen molar-refractivity contribution >= 4 is 35.5 Å². The second-order valence-corrected chi connectivity index (χ2v) is 14.6. The van der Waals surface area contributed by atoms with Gasteiger partial charge in [-0.3, -0.25) is 0 Å². The van der Waals surface area contributed by atoms with E-state index in [-0.39, 0.29) is 39.3 Å². The van der Waals surface area contributed by atoms with Gasteiger partial charge in [0.2, 0.25) is 11.9 Å². The van der Waals surface area contributed by atoms with Crippen LogP contribution < -0.4 is 4.74 Å². The van der Waals surface area contributed by atoms with Crippen LogP contribution in [0.1, 0.15) is 65.0 Å². The van der Waals surface area contributed by atoms with Crippen molar-refractivity contribution < 1.29 is 52.7 Å². The van der Waals surface area contributed by atoms with Crippen LogP contribution in [0.2, 0.25) is 5.02 Å². The van der Waals surface area contributed by atoms with E-state index in [2.05, 4.69) is 0 Å². The molecule has 1 fully saturated rings. The molecule has 0 unspecified atom stereocenters. The maximum atomic E-state index is 14.2. The Bertz CT molecular complexity index is 2450. The van der Waals surface area contributed by atoms with Crippen LogP contribution >= 0.6 is 11.6 Å². The smallest absolute Gasteiger partial charge is 0.338 e. The number of benzene rings is 6. The summed E-state index contributed by atoms with van der Waals surface area (Å²) in [4.78, 5) is 56.0. The monoisotopic (exact) mass is 840 g/mol. The first kappa shape index (κ1) is 42.3. The first-order valence-electron chi connectivity index (χ1n) is 19.4. The predicted molar refractivity (Wildman–Crippen MR) is 224 cm³/mol. The highest BCUT2D eigenvalue weighted by atomic mass is 35.5. The van der Waals surface area contributed by atoms with Crippen LogP contribution in [0.5, 0.6) is 5.75 Å². The van der Waals surface area contributed by atoms with Crippen LogP contribution in [0.3, 0.4) is 0 Å². The molecule has 0 aromatic heterocycles. The molecule has 1 aliphatic rings. The lowest BCUT2D eigenvalue weighted by Gasteiger charge is -2.50. The van der Waals surface area contributed by atoms with Gasteiger partial charge in [-0.1, -0.05) is 109 Å². The average molecular weight is 841 g/mol. The fourth-order valence-electron chi connectivity index (χ4n) is 7.10. The van der Waals surface area contributed by atoms with E-state index in [1.165, 1.54) is 49.4 Å². The molecule has 310 valence electrons. The van der Waals surface area contributed by atoms with Crippen LogP contribution in [-0.4, -0.2) is 66.6 Å². The highest BCUT2D eigenvalue weighted by molar-refractivity contribution is 6.31. The molecule has 11 nitrogen and oxygen atoms in total. The molecule has 1 aliphatic heterocycles. The van der Waals surface area contributed by atoms with Crippen molar-refractivity contribution in [2.45, 2.75) is 49.7 Å². The van der Waals surface area contributed by atoms with Crippen molar-refractivity contribution in [1.29, 1.82) is 0 Å². The molecule has 1 N–H and O–H groups in total. The zero-order valence-corrected chi connectivity index (χ0v) is 33.8. The molecule has 7 rings (SSSR count). The van der Waals surface area contributed by atoms with Gasteiger partial charge < -0.3 is 33.5 Å². The number of methoxy groups -OCH3 is 1. The third-order valence-electron chi connectivity index (χ3n) is 10.2. The van der Waals surface area contributed by atoms with Crippen LogP contribution in [0.4, 0.5) is 0 Å². The summed E-state index contributed by atoms with van der Waals surface area (Å²) in [5.74, 6) is -5.58. The Morgan fingerprint density at radius 1 is 0.607 bits per heavy atom. The van der Waals surface area contributed by atoms with Crippen LogP contribution in [0, 0.1) is 0 Å². The van der Waals surface area contributed by atoms with Gasteiger partial charge in [0.15, 0.2) is 12.2 Å². The second-order valence-electron chi connectivity index (χ2n) is 14.2. The third kappa shape index (κ3) is 9.66. The molecule has 1 saturated heterocycles. The number of carbonyl (C=O) groups excluding carboxylic acids is 4. The number of hydrogen-bond acceptors (Lipinski definition) is 11. The molecule has 0 amide bonds. The van der Waals surface area contributed by atoms with E-state index >= 15 is 0 Å². The van der Waals surface area contributed by atoms with Crippen LogP contribution in [0.25, 0.3) is 0 Å². The molecular weight excluding hydrogens is 800 g/mol. The molecule has 0 bridgehead atoms. The van der Waals surface area contributed by atoms with Crippen LogP contribution in [-0.2, 0) is 35.9 Å². The van der Waals surface area contributed by atoms with Crippen molar-refractivity contribution in [3.05, 3.63) is 208 Å². The fourth-order valence-corrected chi connectivity index (χ4v) is 7.34. The average Bonchev–Trinajstić information content (AvgIpc) is 3.30. The molecule has 0 saturated carbocycles. The van der Waals surface area contributed by atoms with Gasteiger partial charge in [0.05, 0.1) is 29.4 Å². The van der Waals surface area contributed by atoms with E-state index in [9.17, 15) is 24.3 Å². The second kappa shape index (κ2) is 19.1. The largest absolute Gasteiger partial charge is 0.497 e. The van der Waals surface area contributed by atoms with E-state index in [1.54, 1.807) is 116 Å². The number of aliphatic hydroxyl groups is 1. The maximum Gasteiger partial charge on any atom is 0.338 e. The Morgan fingerprint density at radius 2 is 1.07 bits per heavy atom. The lowest BCUT2D eigenvalue weighted by atomic mass is 9.83. The standard InChI is InChI=1S/C49H41ClO11/c1-31(57-45(51)33-16-7-3-8-17-33)41-42(58-46(52)34-18-9-4-10-19-34)43(59-47(53)35-20-11-5-12-21-35)44(60-48(54)36-22-13-6-14-23-36)49(55,61-41)39-24-15-25-40(50)38(39)30-32-26-28-37(56-2)29-27-32/h3-29,31,41-44,55H,30H2,1-2H3/t31-,41+,42+,43-,44+,49+/m0/s1. The molecule has 0 aliphatic carbocycles. The van der Waals surface area contributed by atoms with Gasteiger partial charge in [-0.05, 0) is 91.2 Å². The predicted octanol–water partition coefficient (Wildman–Crippen LogP) is 8.41. The van der Waals surface area contributed by atoms with Crippen molar-refractivity contribution in [1.82, 2.24) is 0 Å². The Labute approximate surface area is 357 Å². The highest BCUT2D eigenvalue weighted by Crippen LogP contribution is 2.45. The number of halogens is 1. The van der Waals surface area contributed by atoms with E-state index in [0.717, 1.165) is 5.56 Å². The molecular formula is C49H41ClO11. The lowest BCUT2D eigenvalue weighted by molar-refractivity contribution is -0.360. The van der Waals surface area contributed by atoms with Gasteiger partial charge in [0.25, 0.3) is 0 Å². The SMILES string of the molecule is COc1ccc(Cc2c(Cl)cccc2[C@@]2(O)O[C@H]([C@H](C)OC(=O)c3ccccc3)[C@@H](OC(=O)c3ccccc3)[C@H](OC(=O)c3ccccc3)[C@H]2OC(=O)c2ccccc2)cc1.